The van der Waals surface area contributed by atoms with Crippen LogP contribution in [0.3, 0.4) is 0 Å². The van der Waals surface area contributed by atoms with Gasteiger partial charge in [-0.3, -0.25) is 4.79 Å². The molecule has 5 N–H and O–H groups in total. The molecular formula is C9H19N3OS. The number of thioether (sulfide) groups is 1. The molecule has 0 spiro atoms. The average Bonchev–Trinajstić information content (AvgIpc) is 2.60. The van der Waals surface area contributed by atoms with Crippen LogP contribution in [0.15, 0.2) is 0 Å². The van der Waals surface area contributed by atoms with Crippen molar-refractivity contribution in [1.82, 2.24) is 5.32 Å². The van der Waals surface area contributed by atoms with E-state index in [0.29, 0.717) is 17.8 Å². The second-order valence-electron chi connectivity index (χ2n) is 3.73. The number of hydrogen-bond acceptors (Lipinski definition) is 4. The zero-order chi connectivity index (χ0) is 10.6. The van der Waals surface area contributed by atoms with Crippen LogP contribution in [-0.4, -0.2) is 36.0 Å². The van der Waals surface area contributed by atoms with Gasteiger partial charge in [0, 0.05) is 17.8 Å². The molecule has 0 aromatic carbocycles. The van der Waals surface area contributed by atoms with E-state index in [9.17, 15) is 4.79 Å². The van der Waals surface area contributed by atoms with Crippen molar-refractivity contribution in [3.05, 3.63) is 0 Å². The first-order chi connectivity index (χ1) is 6.65. The van der Waals surface area contributed by atoms with E-state index in [2.05, 4.69) is 11.6 Å². The van der Waals surface area contributed by atoms with Crippen LogP contribution in [0.25, 0.3) is 0 Å². The van der Waals surface area contributed by atoms with E-state index in [1.54, 1.807) is 0 Å². The summed E-state index contributed by atoms with van der Waals surface area (Å²) < 4.78 is 0. The number of rotatable bonds is 5. The first kappa shape index (κ1) is 11.8. The standard InChI is InChI=1S/C9H19N3OS/c1-14-8-4-2-3-7(8)12-5-6(10)9(11)13/h6-8,12H,2-5,10H2,1H3,(H2,11,13). The van der Waals surface area contributed by atoms with E-state index < -0.39 is 11.9 Å². The van der Waals surface area contributed by atoms with Gasteiger partial charge in [-0.05, 0) is 19.1 Å². The Morgan fingerprint density at radius 2 is 2.36 bits per heavy atom. The van der Waals surface area contributed by atoms with E-state index in [-0.39, 0.29) is 0 Å². The van der Waals surface area contributed by atoms with Gasteiger partial charge in [0.15, 0.2) is 0 Å². The van der Waals surface area contributed by atoms with Crippen LogP contribution in [0.5, 0.6) is 0 Å². The fourth-order valence-corrected chi connectivity index (χ4v) is 2.78. The summed E-state index contributed by atoms with van der Waals surface area (Å²) in [5.74, 6) is -0.434. The Labute approximate surface area is 89.2 Å². The van der Waals surface area contributed by atoms with Crippen LogP contribution in [0.1, 0.15) is 19.3 Å². The summed E-state index contributed by atoms with van der Waals surface area (Å²) >= 11 is 1.88. The maximum absolute atomic E-state index is 10.7. The minimum Gasteiger partial charge on any atom is -0.368 e. The molecule has 82 valence electrons. The van der Waals surface area contributed by atoms with Gasteiger partial charge in [-0.15, -0.1) is 0 Å². The van der Waals surface area contributed by atoms with E-state index >= 15 is 0 Å². The second kappa shape index (κ2) is 5.58. The largest absolute Gasteiger partial charge is 0.368 e. The molecule has 0 aliphatic heterocycles. The minimum absolute atomic E-state index is 0.434. The van der Waals surface area contributed by atoms with E-state index in [1.807, 2.05) is 11.8 Å². The highest BCUT2D eigenvalue weighted by Crippen LogP contribution is 2.28. The molecule has 0 radical (unpaired) electrons. The number of carbonyl (C=O) groups is 1. The molecule has 14 heavy (non-hydrogen) atoms. The highest BCUT2D eigenvalue weighted by Gasteiger charge is 2.26. The predicted octanol–water partition coefficient (Wildman–Crippen LogP) is -0.327. The quantitative estimate of drug-likeness (QED) is 0.589. The van der Waals surface area contributed by atoms with Crippen LogP contribution < -0.4 is 16.8 Å². The zero-order valence-electron chi connectivity index (χ0n) is 8.53. The summed E-state index contributed by atoms with van der Waals surface area (Å²) in [6.45, 7) is 0.497. The molecule has 1 rings (SSSR count). The molecule has 0 saturated heterocycles. The highest BCUT2D eigenvalue weighted by molar-refractivity contribution is 7.99. The Balaban J connectivity index is 2.26. The maximum atomic E-state index is 10.7. The molecule has 1 fully saturated rings. The lowest BCUT2D eigenvalue weighted by Gasteiger charge is -2.20. The molecule has 5 heteroatoms. The third-order valence-electron chi connectivity index (χ3n) is 2.72. The molecule has 0 bridgehead atoms. The van der Waals surface area contributed by atoms with Gasteiger partial charge in [0.25, 0.3) is 0 Å². The van der Waals surface area contributed by atoms with Crippen molar-refractivity contribution >= 4 is 17.7 Å². The molecule has 1 aliphatic carbocycles. The Hall–Kier alpha value is -0.260. The van der Waals surface area contributed by atoms with Crippen molar-refractivity contribution in [2.45, 2.75) is 36.6 Å². The predicted molar refractivity (Wildman–Crippen MR) is 60.1 cm³/mol. The summed E-state index contributed by atoms with van der Waals surface area (Å²) in [4.78, 5) is 10.7. The lowest BCUT2D eigenvalue weighted by Crippen LogP contribution is -2.48. The number of amides is 1. The number of carbonyl (C=O) groups excluding carboxylic acids is 1. The zero-order valence-corrected chi connectivity index (χ0v) is 9.35. The third-order valence-corrected chi connectivity index (χ3v) is 3.89. The molecule has 1 saturated carbocycles. The van der Waals surface area contributed by atoms with Crippen LogP contribution in [0, 0.1) is 0 Å². The Morgan fingerprint density at radius 3 is 2.93 bits per heavy atom. The molecule has 0 heterocycles. The van der Waals surface area contributed by atoms with Crippen molar-refractivity contribution in [2.75, 3.05) is 12.8 Å². The van der Waals surface area contributed by atoms with Crippen LogP contribution in [-0.2, 0) is 4.79 Å². The van der Waals surface area contributed by atoms with Gasteiger partial charge in [-0.1, -0.05) is 6.42 Å². The Bertz CT molecular complexity index is 200. The monoisotopic (exact) mass is 217 g/mol. The average molecular weight is 217 g/mol. The number of nitrogens with two attached hydrogens (primary N) is 2. The van der Waals surface area contributed by atoms with Gasteiger partial charge < -0.3 is 16.8 Å². The van der Waals surface area contributed by atoms with Gasteiger partial charge in [-0.25, -0.2) is 0 Å². The fraction of sp³-hybridized carbons (Fsp3) is 0.889. The van der Waals surface area contributed by atoms with Crippen LogP contribution in [0.2, 0.25) is 0 Å². The van der Waals surface area contributed by atoms with Crippen LogP contribution in [0.4, 0.5) is 0 Å². The van der Waals surface area contributed by atoms with Gasteiger partial charge in [0.2, 0.25) is 5.91 Å². The first-order valence-electron chi connectivity index (χ1n) is 4.96. The number of nitrogens with one attached hydrogen (secondary N) is 1. The molecule has 0 aromatic heterocycles. The topological polar surface area (TPSA) is 81.1 Å². The Morgan fingerprint density at radius 1 is 1.64 bits per heavy atom. The Kier molecular flexibility index (Phi) is 4.71. The summed E-state index contributed by atoms with van der Waals surface area (Å²) in [5, 5.41) is 3.98. The molecule has 1 amide bonds. The van der Waals surface area contributed by atoms with E-state index in [1.165, 1.54) is 19.3 Å². The van der Waals surface area contributed by atoms with E-state index in [0.717, 1.165) is 0 Å². The lowest BCUT2D eigenvalue weighted by atomic mass is 10.2. The van der Waals surface area contributed by atoms with Gasteiger partial charge in [0.05, 0.1) is 6.04 Å². The fourth-order valence-electron chi connectivity index (χ4n) is 1.82. The van der Waals surface area contributed by atoms with Crippen LogP contribution >= 0.6 is 11.8 Å². The summed E-state index contributed by atoms with van der Waals surface area (Å²) in [6.07, 6.45) is 5.81. The summed E-state index contributed by atoms with van der Waals surface area (Å²) in [5.41, 5.74) is 10.6. The molecule has 3 atom stereocenters. The second-order valence-corrected chi connectivity index (χ2v) is 4.81. The van der Waals surface area contributed by atoms with Crippen molar-refractivity contribution in [2.24, 2.45) is 11.5 Å². The molecule has 4 nitrogen and oxygen atoms in total. The maximum Gasteiger partial charge on any atom is 0.235 e. The van der Waals surface area contributed by atoms with Crippen molar-refractivity contribution in [3.8, 4) is 0 Å². The number of primary amides is 1. The van der Waals surface area contributed by atoms with Gasteiger partial charge in [-0.2, -0.15) is 11.8 Å². The van der Waals surface area contributed by atoms with Crippen molar-refractivity contribution < 1.29 is 4.79 Å². The van der Waals surface area contributed by atoms with Gasteiger partial charge >= 0.3 is 0 Å². The highest BCUT2D eigenvalue weighted by atomic mass is 32.2. The van der Waals surface area contributed by atoms with E-state index in [4.69, 9.17) is 11.5 Å². The summed E-state index contributed by atoms with van der Waals surface area (Å²) in [6, 6.07) is -0.0616. The van der Waals surface area contributed by atoms with Crippen molar-refractivity contribution in [3.63, 3.8) is 0 Å². The lowest BCUT2D eigenvalue weighted by molar-refractivity contribution is -0.119. The normalized spacial score (nSPS) is 29.0. The van der Waals surface area contributed by atoms with Gasteiger partial charge in [0.1, 0.15) is 0 Å². The molecule has 3 unspecified atom stereocenters. The minimum atomic E-state index is -0.557. The van der Waals surface area contributed by atoms with Crippen molar-refractivity contribution in [1.29, 1.82) is 0 Å². The molecule has 1 aliphatic rings. The molecule has 0 aromatic rings. The summed E-state index contributed by atoms with van der Waals surface area (Å²) in [7, 11) is 0. The smallest absolute Gasteiger partial charge is 0.235 e. The number of hydrogen-bond donors (Lipinski definition) is 3. The third kappa shape index (κ3) is 3.15. The first-order valence-corrected chi connectivity index (χ1v) is 6.25. The molecular weight excluding hydrogens is 198 g/mol. The SMILES string of the molecule is CSC1CCCC1NCC(N)C(N)=O.